The van der Waals surface area contributed by atoms with Gasteiger partial charge in [-0.3, -0.25) is 4.98 Å². The van der Waals surface area contributed by atoms with E-state index < -0.39 is 21.5 Å². The molecule has 0 saturated carbocycles. The van der Waals surface area contributed by atoms with Gasteiger partial charge in [0, 0.05) is 17.9 Å². The monoisotopic (exact) mass is 258 g/mol. The summed E-state index contributed by atoms with van der Waals surface area (Å²) in [5.41, 5.74) is -0.806. The van der Waals surface area contributed by atoms with E-state index in [1.807, 2.05) is 0 Å². The molecule has 0 aromatic carbocycles. The lowest BCUT2D eigenvalue weighted by atomic mass is 10.1. The zero-order valence-corrected chi connectivity index (χ0v) is 10.6. The molecule has 2 N–H and O–H groups in total. The van der Waals surface area contributed by atoms with Crippen molar-refractivity contribution >= 4 is 16.0 Å². The largest absolute Gasteiger partial charge is 0.478 e. The molecule has 1 heterocycles. The van der Waals surface area contributed by atoms with Gasteiger partial charge in [-0.2, -0.15) is 0 Å². The van der Waals surface area contributed by atoms with E-state index in [0.29, 0.717) is 0 Å². The number of rotatable bonds is 3. The van der Waals surface area contributed by atoms with Crippen LogP contribution in [0, 0.1) is 0 Å². The number of hydrogen-bond donors (Lipinski definition) is 2. The Kier molecular flexibility index (Phi) is 3.53. The van der Waals surface area contributed by atoms with Crippen molar-refractivity contribution in [2.45, 2.75) is 31.2 Å². The molecule has 0 saturated heterocycles. The van der Waals surface area contributed by atoms with Crippen molar-refractivity contribution in [1.82, 2.24) is 9.71 Å². The van der Waals surface area contributed by atoms with Crippen LogP contribution in [-0.4, -0.2) is 30.0 Å². The maximum absolute atomic E-state index is 11.9. The lowest BCUT2D eigenvalue weighted by Gasteiger charge is -2.20. The van der Waals surface area contributed by atoms with Crippen molar-refractivity contribution in [1.29, 1.82) is 0 Å². The first kappa shape index (κ1) is 13.6. The van der Waals surface area contributed by atoms with Gasteiger partial charge in [0.2, 0.25) is 10.0 Å². The lowest BCUT2D eigenvalue weighted by molar-refractivity contribution is 0.0696. The minimum absolute atomic E-state index is 0.160. The van der Waals surface area contributed by atoms with Gasteiger partial charge in [0.25, 0.3) is 0 Å². The van der Waals surface area contributed by atoms with Crippen LogP contribution in [0.2, 0.25) is 0 Å². The predicted molar refractivity (Wildman–Crippen MR) is 61.3 cm³/mol. The number of nitrogens with one attached hydrogen (secondary N) is 1. The van der Waals surface area contributed by atoms with Gasteiger partial charge in [0.1, 0.15) is 4.90 Å². The van der Waals surface area contributed by atoms with Gasteiger partial charge in [-0.05, 0) is 26.8 Å². The van der Waals surface area contributed by atoms with Gasteiger partial charge in [0.15, 0.2) is 0 Å². The number of carboxylic acids is 1. The highest BCUT2D eigenvalue weighted by Crippen LogP contribution is 2.13. The van der Waals surface area contributed by atoms with Gasteiger partial charge >= 0.3 is 5.97 Å². The second-order valence-corrected chi connectivity index (χ2v) is 6.25. The molecule has 0 unspecified atom stereocenters. The highest BCUT2D eigenvalue weighted by atomic mass is 32.2. The Morgan fingerprint density at radius 3 is 2.41 bits per heavy atom. The molecule has 0 radical (unpaired) electrons. The number of carbonyl (C=O) groups is 1. The molecule has 0 spiro atoms. The Morgan fingerprint density at radius 1 is 1.35 bits per heavy atom. The maximum atomic E-state index is 11.9. The number of hydrogen-bond acceptors (Lipinski definition) is 4. The summed E-state index contributed by atoms with van der Waals surface area (Å²) in [5.74, 6) is -1.22. The smallest absolute Gasteiger partial charge is 0.337 e. The van der Waals surface area contributed by atoms with Crippen LogP contribution in [0.1, 0.15) is 31.1 Å². The molecule has 1 rings (SSSR count). The standard InChI is InChI=1S/C10H14N2O4S/c1-10(2,3)12-17(15,16)8-4-7(9(13)14)5-11-6-8/h4-6,12H,1-3H3,(H,13,14). The topological polar surface area (TPSA) is 96.4 Å². The predicted octanol–water partition coefficient (Wildman–Crippen LogP) is 0.857. The van der Waals surface area contributed by atoms with Crippen LogP contribution < -0.4 is 4.72 Å². The summed E-state index contributed by atoms with van der Waals surface area (Å²) in [6.45, 7) is 5.08. The first-order valence-electron chi connectivity index (χ1n) is 4.84. The van der Waals surface area contributed by atoms with Crippen molar-refractivity contribution in [3.05, 3.63) is 24.0 Å². The van der Waals surface area contributed by atoms with Crippen LogP contribution in [0.5, 0.6) is 0 Å². The molecular weight excluding hydrogens is 244 g/mol. The van der Waals surface area contributed by atoms with Gasteiger partial charge in [-0.25, -0.2) is 17.9 Å². The summed E-state index contributed by atoms with van der Waals surface area (Å²) in [7, 11) is -3.75. The molecule has 0 aliphatic heterocycles. The Hall–Kier alpha value is -1.47. The SMILES string of the molecule is CC(C)(C)NS(=O)(=O)c1cncc(C(=O)O)c1. The molecule has 1 aromatic rings. The van der Waals surface area contributed by atoms with Crippen LogP contribution in [0.25, 0.3) is 0 Å². The second kappa shape index (κ2) is 4.42. The fourth-order valence-corrected chi connectivity index (χ4v) is 2.55. The normalized spacial score (nSPS) is 12.4. The Morgan fingerprint density at radius 2 is 1.94 bits per heavy atom. The molecule has 17 heavy (non-hydrogen) atoms. The number of nitrogens with zero attached hydrogens (tertiary/aromatic N) is 1. The minimum Gasteiger partial charge on any atom is -0.478 e. The number of carboxylic acid groups (broad SMARTS) is 1. The van der Waals surface area contributed by atoms with E-state index in [0.717, 1.165) is 18.5 Å². The summed E-state index contributed by atoms with van der Waals surface area (Å²) >= 11 is 0. The van der Waals surface area contributed by atoms with Gasteiger partial charge in [-0.15, -0.1) is 0 Å². The minimum atomic E-state index is -3.75. The van der Waals surface area contributed by atoms with Gasteiger partial charge < -0.3 is 5.11 Å². The molecule has 0 fully saturated rings. The fraction of sp³-hybridized carbons (Fsp3) is 0.400. The summed E-state index contributed by atoms with van der Waals surface area (Å²) in [5, 5.41) is 8.75. The number of aromatic nitrogens is 1. The van der Waals surface area contributed by atoms with E-state index in [1.165, 1.54) is 0 Å². The lowest BCUT2D eigenvalue weighted by Crippen LogP contribution is -2.40. The van der Waals surface area contributed by atoms with Crippen LogP contribution in [0.15, 0.2) is 23.4 Å². The molecule has 0 aliphatic rings. The highest BCUT2D eigenvalue weighted by molar-refractivity contribution is 7.89. The second-order valence-electron chi connectivity index (χ2n) is 4.57. The van der Waals surface area contributed by atoms with Gasteiger partial charge in [0.05, 0.1) is 5.56 Å². The zero-order chi connectivity index (χ0) is 13.3. The third-order valence-corrected chi connectivity index (χ3v) is 3.44. The van der Waals surface area contributed by atoms with E-state index in [-0.39, 0.29) is 10.5 Å². The van der Waals surface area contributed by atoms with Gasteiger partial charge in [-0.1, -0.05) is 0 Å². The van der Waals surface area contributed by atoms with Crippen molar-refractivity contribution in [3.8, 4) is 0 Å². The van der Waals surface area contributed by atoms with E-state index >= 15 is 0 Å². The molecule has 0 bridgehead atoms. The summed E-state index contributed by atoms with van der Waals surface area (Å²) in [6.07, 6.45) is 2.21. The molecule has 6 nitrogen and oxygen atoms in total. The maximum Gasteiger partial charge on any atom is 0.337 e. The fourth-order valence-electron chi connectivity index (χ4n) is 1.14. The first-order valence-corrected chi connectivity index (χ1v) is 6.32. The summed E-state index contributed by atoms with van der Waals surface area (Å²) in [6, 6.07) is 1.07. The van der Waals surface area contributed by atoms with Crippen LogP contribution >= 0.6 is 0 Å². The van der Waals surface area contributed by atoms with Crippen LogP contribution in [0.4, 0.5) is 0 Å². The molecule has 1 aromatic heterocycles. The van der Waals surface area contributed by atoms with E-state index in [4.69, 9.17) is 5.11 Å². The van der Waals surface area contributed by atoms with Crippen molar-refractivity contribution in [3.63, 3.8) is 0 Å². The first-order chi connectivity index (χ1) is 7.62. The van der Waals surface area contributed by atoms with Crippen LogP contribution in [0.3, 0.4) is 0 Å². The van der Waals surface area contributed by atoms with E-state index in [1.54, 1.807) is 20.8 Å². The number of pyridine rings is 1. The Balaban J connectivity index is 3.16. The van der Waals surface area contributed by atoms with E-state index in [2.05, 4.69) is 9.71 Å². The number of aromatic carboxylic acids is 1. The third kappa shape index (κ3) is 3.79. The van der Waals surface area contributed by atoms with Crippen molar-refractivity contribution < 1.29 is 18.3 Å². The molecule has 0 aliphatic carbocycles. The number of sulfonamides is 1. The van der Waals surface area contributed by atoms with E-state index in [9.17, 15) is 13.2 Å². The molecule has 0 atom stereocenters. The molecular formula is C10H14N2O4S. The average molecular weight is 258 g/mol. The summed E-state index contributed by atoms with van der Waals surface area (Å²) in [4.78, 5) is 14.2. The zero-order valence-electron chi connectivity index (χ0n) is 9.76. The van der Waals surface area contributed by atoms with Crippen molar-refractivity contribution in [2.75, 3.05) is 0 Å². The Labute approximate surface area is 99.7 Å². The molecule has 7 heteroatoms. The van der Waals surface area contributed by atoms with Crippen molar-refractivity contribution in [2.24, 2.45) is 0 Å². The van der Waals surface area contributed by atoms with Crippen LogP contribution in [-0.2, 0) is 10.0 Å². The average Bonchev–Trinajstić information content (AvgIpc) is 2.14. The molecule has 94 valence electrons. The molecule has 0 amide bonds. The Bertz CT molecular complexity index is 531. The highest BCUT2D eigenvalue weighted by Gasteiger charge is 2.23. The third-order valence-electron chi connectivity index (χ3n) is 1.71. The summed E-state index contributed by atoms with van der Waals surface area (Å²) < 4.78 is 26.2. The quantitative estimate of drug-likeness (QED) is 0.838.